The minimum atomic E-state index is -0.348. The molecule has 0 bridgehead atoms. The molecule has 2 aliphatic rings. The Morgan fingerprint density at radius 2 is 1.94 bits per heavy atom. The van der Waals surface area contributed by atoms with Gasteiger partial charge in [-0.2, -0.15) is 0 Å². The highest BCUT2D eigenvalue weighted by Gasteiger charge is 2.45. The van der Waals surface area contributed by atoms with Crippen LogP contribution in [0.3, 0.4) is 0 Å². The van der Waals surface area contributed by atoms with Crippen LogP contribution in [0.1, 0.15) is 46.0 Å². The van der Waals surface area contributed by atoms with Gasteiger partial charge in [0.1, 0.15) is 6.04 Å². The monoisotopic (exact) mass is 253 g/mol. The van der Waals surface area contributed by atoms with E-state index in [1.165, 1.54) is 7.11 Å². The van der Waals surface area contributed by atoms with Crippen LogP contribution >= 0.6 is 0 Å². The number of carbonyl (C=O) groups excluding carboxylic acids is 2. The topological polar surface area (TPSA) is 46.6 Å². The summed E-state index contributed by atoms with van der Waals surface area (Å²) in [7, 11) is 1.39. The third-order valence-electron chi connectivity index (χ3n) is 4.56. The molecule has 2 fully saturated rings. The van der Waals surface area contributed by atoms with Crippen molar-refractivity contribution in [2.75, 3.05) is 13.7 Å². The molecule has 1 aliphatic heterocycles. The fraction of sp³-hybridized carbons (Fsp3) is 0.857. The third-order valence-corrected chi connectivity index (χ3v) is 4.56. The molecule has 0 aromatic carbocycles. The quantitative estimate of drug-likeness (QED) is 0.707. The van der Waals surface area contributed by atoms with Crippen molar-refractivity contribution in [1.29, 1.82) is 0 Å². The summed E-state index contributed by atoms with van der Waals surface area (Å²) in [6, 6.07) is -0.348. The normalized spacial score (nSPS) is 30.5. The van der Waals surface area contributed by atoms with Gasteiger partial charge in [-0.25, -0.2) is 4.79 Å². The number of carbonyl (C=O) groups is 2. The summed E-state index contributed by atoms with van der Waals surface area (Å²) >= 11 is 0. The molecule has 18 heavy (non-hydrogen) atoms. The second-order valence-corrected chi connectivity index (χ2v) is 6.15. The molecular weight excluding hydrogens is 230 g/mol. The van der Waals surface area contributed by atoms with Crippen molar-refractivity contribution in [3.05, 3.63) is 0 Å². The van der Waals surface area contributed by atoms with E-state index in [4.69, 9.17) is 4.74 Å². The van der Waals surface area contributed by atoms with Gasteiger partial charge in [-0.1, -0.05) is 20.3 Å². The summed E-state index contributed by atoms with van der Waals surface area (Å²) in [6.45, 7) is 5.02. The van der Waals surface area contributed by atoms with Crippen LogP contribution in [0.25, 0.3) is 0 Å². The Kier molecular flexibility index (Phi) is 3.64. The van der Waals surface area contributed by atoms with Crippen LogP contribution in [-0.2, 0) is 14.3 Å². The molecule has 0 aromatic heterocycles. The Morgan fingerprint density at radius 3 is 2.50 bits per heavy atom. The molecule has 0 radical (unpaired) electrons. The van der Waals surface area contributed by atoms with Crippen molar-refractivity contribution < 1.29 is 14.3 Å². The van der Waals surface area contributed by atoms with Crippen LogP contribution in [0.15, 0.2) is 0 Å². The van der Waals surface area contributed by atoms with Crippen molar-refractivity contribution in [1.82, 2.24) is 4.90 Å². The van der Waals surface area contributed by atoms with Crippen LogP contribution in [0.2, 0.25) is 0 Å². The first-order valence-electron chi connectivity index (χ1n) is 6.85. The largest absolute Gasteiger partial charge is 0.467 e. The Labute approximate surface area is 109 Å². The Morgan fingerprint density at radius 1 is 1.22 bits per heavy atom. The molecule has 102 valence electrons. The predicted octanol–water partition coefficient (Wildman–Crippen LogP) is 1.98. The van der Waals surface area contributed by atoms with Crippen LogP contribution in [0.4, 0.5) is 0 Å². The first-order valence-corrected chi connectivity index (χ1v) is 6.85. The minimum absolute atomic E-state index is 0.0698. The second kappa shape index (κ2) is 4.90. The first-order chi connectivity index (χ1) is 8.47. The van der Waals surface area contributed by atoms with Gasteiger partial charge < -0.3 is 9.64 Å². The summed E-state index contributed by atoms with van der Waals surface area (Å²) in [5.41, 5.74) is 0.0698. The molecule has 1 amide bonds. The lowest BCUT2D eigenvalue weighted by molar-refractivity contribution is -0.153. The van der Waals surface area contributed by atoms with Gasteiger partial charge in [0.15, 0.2) is 0 Å². The number of methoxy groups -OCH3 is 1. The predicted molar refractivity (Wildman–Crippen MR) is 67.9 cm³/mol. The van der Waals surface area contributed by atoms with Gasteiger partial charge >= 0.3 is 5.97 Å². The smallest absolute Gasteiger partial charge is 0.328 e. The number of ether oxygens (including phenoxy) is 1. The molecule has 4 heteroatoms. The molecule has 2 rings (SSSR count). The molecule has 2 unspecified atom stereocenters. The van der Waals surface area contributed by atoms with E-state index >= 15 is 0 Å². The molecule has 0 spiro atoms. The number of rotatable bonds is 2. The standard InChI is InChI=1S/C14H23NO3/c1-14(2)8-4-6-10(14)12(16)15-9-5-7-11(15)13(17)18-3/h10-11H,4-9H2,1-3H3. The van der Waals surface area contributed by atoms with Gasteiger partial charge in [-0.3, -0.25) is 4.79 Å². The van der Waals surface area contributed by atoms with E-state index in [9.17, 15) is 9.59 Å². The fourth-order valence-electron chi connectivity index (χ4n) is 3.40. The van der Waals surface area contributed by atoms with E-state index in [-0.39, 0.29) is 29.3 Å². The summed E-state index contributed by atoms with van der Waals surface area (Å²) < 4.78 is 4.80. The van der Waals surface area contributed by atoms with Crippen LogP contribution in [0, 0.1) is 11.3 Å². The molecule has 4 nitrogen and oxygen atoms in total. The van der Waals surface area contributed by atoms with Crippen LogP contribution in [-0.4, -0.2) is 36.5 Å². The van der Waals surface area contributed by atoms with E-state index in [1.54, 1.807) is 4.90 Å². The third kappa shape index (κ3) is 2.25. The lowest BCUT2D eigenvalue weighted by atomic mass is 9.81. The van der Waals surface area contributed by atoms with Crippen molar-refractivity contribution in [3.8, 4) is 0 Å². The number of likely N-dealkylation sites (tertiary alicyclic amines) is 1. The molecule has 1 saturated carbocycles. The van der Waals surface area contributed by atoms with Gasteiger partial charge in [0.2, 0.25) is 5.91 Å². The van der Waals surface area contributed by atoms with Gasteiger partial charge in [0.25, 0.3) is 0 Å². The van der Waals surface area contributed by atoms with Gasteiger partial charge in [0.05, 0.1) is 7.11 Å². The summed E-state index contributed by atoms with van der Waals surface area (Å²) in [5, 5.41) is 0. The maximum absolute atomic E-state index is 12.6. The molecule has 2 atom stereocenters. The molecular formula is C14H23NO3. The Bertz CT molecular complexity index is 351. The van der Waals surface area contributed by atoms with E-state index in [0.717, 1.165) is 32.1 Å². The maximum atomic E-state index is 12.6. The second-order valence-electron chi connectivity index (χ2n) is 6.15. The van der Waals surface area contributed by atoms with Crippen molar-refractivity contribution in [3.63, 3.8) is 0 Å². The molecule has 1 saturated heterocycles. The van der Waals surface area contributed by atoms with Crippen molar-refractivity contribution >= 4 is 11.9 Å². The van der Waals surface area contributed by atoms with Gasteiger partial charge in [-0.15, -0.1) is 0 Å². The van der Waals surface area contributed by atoms with Crippen LogP contribution in [0.5, 0.6) is 0 Å². The zero-order chi connectivity index (χ0) is 13.3. The fourth-order valence-corrected chi connectivity index (χ4v) is 3.40. The molecule has 1 heterocycles. The SMILES string of the molecule is COC(=O)C1CCCN1C(=O)C1CCCC1(C)C. The molecule has 0 N–H and O–H groups in total. The van der Waals surface area contributed by atoms with Gasteiger partial charge in [0, 0.05) is 12.5 Å². The molecule has 1 aliphatic carbocycles. The van der Waals surface area contributed by atoms with Gasteiger partial charge in [-0.05, 0) is 31.1 Å². The van der Waals surface area contributed by atoms with Crippen molar-refractivity contribution in [2.24, 2.45) is 11.3 Å². The van der Waals surface area contributed by atoms with E-state index in [1.807, 2.05) is 0 Å². The highest BCUT2D eigenvalue weighted by Crippen LogP contribution is 2.44. The van der Waals surface area contributed by atoms with E-state index in [2.05, 4.69) is 13.8 Å². The minimum Gasteiger partial charge on any atom is -0.467 e. The number of esters is 1. The lowest BCUT2D eigenvalue weighted by Crippen LogP contribution is -2.46. The summed E-state index contributed by atoms with van der Waals surface area (Å²) in [4.78, 5) is 26.1. The molecule has 0 aromatic rings. The highest BCUT2D eigenvalue weighted by atomic mass is 16.5. The number of nitrogens with zero attached hydrogens (tertiary/aromatic N) is 1. The number of hydrogen-bond acceptors (Lipinski definition) is 3. The lowest BCUT2D eigenvalue weighted by Gasteiger charge is -2.32. The van der Waals surface area contributed by atoms with E-state index < -0.39 is 0 Å². The van der Waals surface area contributed by atoms with E-state index in [0.29, 0.717) is 6.54 Å². The average Bonchev–Trinajstić information content (AvgIpc) is 2.93. The average molecular weight is 253 g/mol. The van der Waals surface area contributed by atoms with Crippen molar-refractivity contribution in [2.45, 2.75) is 52.0 Å². The zero-order valence-electron chi connectivity index (χ0n) is 11.6. The highest BCUT2D eigenvalue weighted by molar-refractivity contribution is 5.87. The van der Waals surface area contributed by atoms with Crippen LogP contribution < -0.4 is 0 Å². The Balaban J connectivity index is 2.11. The number of amides is 1. The maximum Gasteiger partial charge on any atom is 0.328 e. The Hall–Kier alpha value is -1.06. The first kappa shape index (κ1) is 13.4. The summed E-state index contributed by atoms with van der Waals surface area (Å²) in [6.07, 6.45) is 4.81. The zero-order valence-corrected chi connectivity index (χ0v) is 11.6. The summed E-state index contributed by atoms with van der Waals surface area (Å²) in [5.74, 6) is -0.0372. The number of hydrogen-bond donors (Lipinski definition) is 0.